The number of amides is 1. The van der Waals surface area contributed by atoms with Gasteiger partial charge in [0.15, 0.2) is 0 Å². The summed E-state index contributed by atoms with van der Waals surface area (Å²) in [6.07, 6.45) is 3.02. The molecule has 1 amide bonds. The van der Waals surface area contributed by atoms with E-state index in [0.29, 0.717) is 30.9 Å². The summed E-state index contributed by atoms with van der Waals surface area (Å²) in [6.45, 7) is 1.74. The summed E-state index contributed by atoms with van der Waals surface area (Å²) in [5.41, 5.74) is 0.712. The number of hydrogen-bond acceptors (Lipinski definition) is 4. The van der Waals surface area contributed by atoms with Crippen LogP contribution in [0.15, 0.2) is 29.8 Å². The van der Waals surface area contributed by atoms with Crippen LogP contribution in [-0.4, -0.2) is 30.5 Å². The van der Waals surface area contributed by atoms with Crippen molar-refractivity contribution in [2.45, 2.75) is 12.8 Å². The van der Waals surface area contributed by atoms with Crippen molar-refractivity contribution < 1.29 is 9.53 Å². The van der Waals surface area contributed by atoms with Crippen molar-refractivity contribution in [2.75, 3.05) is 19.7 Å². The van der Waals surface area contributed by atoms with E-state index in [1.54, 1.807) is 17.0 Å². The second-order valence-electron chi connectivity index (χ2n) is 4.65. The van der Waals surface area contributed by atoms with Crippen LogP contribution in [0, 0.1) is 22.7 Å². The molecule has 0 aromatic heterocycles. The van der Waals surface area contributed by atoms with E-state index in [4.69, 9.17) is 15.3 Å². The Morgan fingerprint density at radius 2 is 2.10 bits per heavy atom. The first-order valence-electron chi connectivity index (χ1n) is 6.76. The van der Waals surface area contributed by atoms with Gasteiger partial charge >= 0.3 is 0 Å². The van der Waals surface area contributed by atoms with Crippen molar-refractivity contribution in [2.24, 2.45) is 0 Å². The van der Waals surface area contributed by atoms with E-state index in [9.17, 15) is 4.79 Å². The second-order valence-corrected chi connectivity index (χ2v) is 4.65. The van der Waals surface area contributed by atoms with Crippen LogP contribution < -0.4 is 4.74 Å². The second kappa shape index (κ2) is 7.12. The average molecular weight is 281 g/mol. The summed E-state index contributed by atoms with van der Waals surface area (Å²) in [5.74, 6) is 0.773. The maximum Gasteiger partial charge on any atom is 0.222 e. The fourth-order valence-electron chi connectivity index (χ4n) is 2.18. The number of allylic oxidation sites excluding steroid dienone is 1. The van der Waals surface area contributed by atoms with Gasteiger partial charge in [-0.3, -0.25) is 4.79 Å². The molecule has 0 aliphatic carbocycles. The average Bonchev–Trinajstić information content (AvgIpc) is 2.91. The first-order chi connectivity index (χ1) is 10.2. The van der Waals surface area contributed by atoms with Crippen molar-refractivity contribution in [1.29, 1.82) is 10.5 Å². The molecule has 5 nitrogen and oxygen atoms in total. The summed E-state index contributed by atoms with van der Waals surface area (Å²) in [6, 6.07) is 10.9. The third-order valence-corrected chi connectivity index (χ3v) is 3.25. The van der Waals surface area contributed by atoms with Crippen LogP contribution in [-0.2, 0) is 4.79 Å². The van der Waals surface area contributed by atoms with Crippen LogP contribution in [0.5, 0.6) is 5.75 Å². The Labute approximate surface area is 123 Å². The van der Waals surface area contributed by atoms with Crippen molar-refractivity contribution in [1.82, 2.24) is 4.90 Å². The molecule has 106 valence electrons. The van der Waals surface area contributed by atoms with Crippen molar-refractivity contribution in [3.8, 4) is 17.9 Å². The lowest BCUT2D eigenvalue weighted by Crippen LogP contribution is -2.29. The normalized spacial score (nSPS) is 13.4. The minimum atomic E-state index is 0.0285. The Morgan fingerprint density at radius 3 is 2.76 bits per heavy atom. The largest absolute Gasteiger partial charge is 0.491 e. The van der Waals surface area contributed by atoms with Gasteiger partial charge in [-0.25, -0.2) is 0 Å². The highest BCUT2D eigenvalue weighted by Gasteiger charge is 2.19. The minimum Gasteiger partial charge on any atom is -0.491 e. The monoisotopic (exact) mass is 281 g/mol. The molecular formula is C16H15N3O2. The van der Waals surface area contributed by atoms with Crippen molar-refractivity contribution >= 4 is 12.0 Å². The highest BCUT2D eigenvalue weighted by Crippen LogP contribution is 2.21. The molecule has 0 bridgehead atoms. The van der Waals surface area contributed by atoms with E-state index in [1.807, 2.05) is 24.3 Å². The molecule has 1 fully saturated rings. The number of carbonyl (C=O) groups is 1. The fourth-order valence-corrected chi connectivity index (χ4v) is 2.18. The van der Waals surface area contributed by atoms with Crippen LogP contribution in [0.25, 0.3) is 6.08 Å². The predicted octanol–water partition coefficient (Wildman–Crippen LogP) is 2.12. The standard InChI is InChI=1S/C16H15N3O2/c17-11-13(12-18)10-14-4-1-2-5-15(14)21-9-8-19-7-3-6-16(19)20/h1-2,4-5,10H,3,6-9H2. The van der Waals surface area contributed by atoms with E-state index in [2.05, 4.69) is 0 Å². The first kappa shape index (κ1) is 14.6. The number of ether oxygens (including phenoxy) is 1. The van der Waals surface area contributed by atoms with E-state index in [1.165, 1.54) is 6.08 Å². The lowest BCUT2D eigenvalue weighted by atomic mass is 10.1. The highest BCUT2D eigenvalue weighted by atomic mass is 16.5. The molecule has 0 N–H and O–H groups in total. The third-order valence-electron chi connectivity index (χ3n) is 3.25. The van der Waals surface area contributed by atoms with E-state index in [-0.39, 0.29) is 11.5 Å². The van der Waals surface area contributed by atoms with Crippen molar-refractivity contribution in [3.63, 3.8) is 0 Å². The summed E-state index contributed by atoms with van der Waals surface area (Å²) in [4.78, 5) is 13.3. The van der Waals surface area contributed by atoms with Crippen LogP contribution in [0.2, 0.25) is 0 Å². The predicted molar refractivity (Wildman–Crippen MR) is 77.0 cm³/mol. The van der Waals surface area contributed by atoms with Gasteiger partial charge in [0.25, 0.3) is 0 Å². The fraction of sp³-hybridized carbons (Fsp3) is 0.312. The molecular weight excluding hydrogens is 266 g/mol. The number of benzene rings is 1. The molecule has 0 radical (unpaired) electrons. The number of hydrogen-bond donors (Lipinski definition) is 0. The van der Waals surface area contributed by atoms with E-state index in [0.717, 1.165) is 13.0 Å². The Morgan fingerprint density at radius 1 is 1.33 bits per heavy atom. The van der Waals surface area contributed by atoms with Gasteiger partial charge < -0.3 is 9.64 Å². The molecule has 2 rings (SSSR count). The van der Waals surface area contributed by atoms with Gasteiger partial charge in [-0.2, -0.15) is 10.5 Å². The first-order valence-corrected chi connectivity index (χ1v) is 6.76. The summed E-state index contributed by atoms with van der Waals surface area (Å²) < 4.78 is 5.68. The van der Waals surface area contributed by atoms with Gasteiger partial charge in [0.2, 0.25) is 5.91 Å². The summed E-state index contributed by atoms with van der Waals surface area (Å²) >= 11 is 0. The number of nitrogens with zero attached hydrogens (tertiary/aromatic N) is 3. The lowest BCUT2D eigenvalue weighted by Gasteiger charge is -2.16. The van der Waals surface area contributed by atoms with Gasteiger partial charge in [0.1, 0.15) is 30.1 Å². The maximum absolute atomic E-state index is 11.5. The highest BCUT2D eigenvalue weighted by molar-refractivity contribution is 5.78. The van der Waals surface area contributed by atoms with E-state index < -0.39 is 0 Å². The zero-order valence-electron chi connectivity index (χ0n) is 11.6. The van der Waals surface area contributed by atoms with Crippen LogP contribution in [0.4, 0.5) is 0 Å². The molecule has 1 aliphatic heterocycles. The topological polar surface area (TPSA) is 77.1 Å². The number of likely N-dealkylation sites (tertiary alicyclic amines) is 1. The molecule has 0 saturated carbocycles. The molecule has 1 aromatic carbocycles. The minimum absolute atomic E-state index is 0.0285. The molecule has 0 atom stereocenters. The van der Waals surface area contributed by atoms with Gasteiger partial charge in [0.05, 0.1) is 6.54 Å². The summed E-state index contributed by atoms with van der Waals surface area (Å²) in [5, 5.41) is 17.6. The molecule has 21 heavy (non-hydrogen) atoms. The zero-order chi connectivity index (χ0) is 15.1. The summed E-state index contributed by atoms with van der Waals surface area (Å²) in [7, 11) is 0. The van der Waals surface area contributed by atoms with Gasteiger partial charge in [-0.15, -0.1) is 0 Å². The van der Waals surface area contributed by atoms with Crippen molar-refractivity contribution in [3.05, 3.63) is 35.4 Å². The van der Waals surface area contributed by atoms with Crippen LogP contribution in [0.3, 0.4) is 0 Å². The molecule has 1 aromatic rings. The molecule has 0 spiro atoms. The quantitative estimate of drug-likeness (QED) is 0.774. The van der Waals surface area contributed by atoms with E-state index >= 15 is 0 Å². The molecule has 1 heterocycles. The Kier molecular flexibility index (Phi) is 4.95. The molecule has 5 heteroatoms. The lowest BCUT2D eigenvalue weighted by molar-refractivity contribution is -0.128. The third kappa shape index (κ3) is 3.84. The Hall–Kier alpha value is -2.79. The molecule has 1 aliphatic rings. The van der Waals surface area contributed by atoms with Gasteiger partial charge in [0, 0.05) is 18.5 Å². The van der Waals surface area contributed by atoms with Crippen LogP contribution in [0.1, 0.15) is 18.4 Å². The number of rotatable bonds is 5. The Bertz CT molecular complexity index is 622. The number of nitriles is 2. The molecule has 0 unspecified atom stereocenters. The number of para-hydroxylation sites is 1. The van der Waals surface area contributed by atoms with Crippen LogP contribution >= 0.6 is 0 Å². The zero-order valence-corrected chi connectivity index (χ0v) is 11.6. The Balaban J connectivity index is 2.01. The van der Waals surface area contributed by atoms with Gasteiger partial charge in [-0.1, -0.05) is 18.2 Å². The maximum atomic E-state index is 11.5. The number of carbonyl (C=O) groups excluding carboxylic acids is 1. The smallest absolute Gasteiger partial charge is 0.222 e. The van der Waals surface area contributed by atoms with Gasteiger partial charge in [-0.05, 0) is 18.6 Å². The molecule has 1 saturated heterocycles. The SMILES string of the molecule is N#CC(C#N)=Cc1ccccc1OCCN1CCCC1=O.